The van der Waals surface area contributed by atoms with Crippen molar-refractivity contribution in [3.63, 3.8) is 0 Å². The summed E-state index contributed by atoms with van der Waals surface area (Å²) in [4.78, 5) is 13.5. The van der Waals surface area contributed by atoms with Crippen molar-refractivity contribution in [2.75, 3.05) is 13.7 Å². The van der Waals surface area contributed by atoms with Crippen molar-refractivity contribution < 1.29 is 13.9 Å². The molecule has 1 heterocycles. The summed E-state index contributed by atoms with van der Waals surface area (Å²) in [5.74, 6) is 2.04. The number of nitriles is 1. The summed E-state index contributed by atoms with van der Waals surface area (Å²) >= 11 is 0. The molecule has 0 saturated heterocycles. The minimum absolute atomic E-state index is 0.131. The molecule has 170 valence electrons. The largest absolute Gasteiger partial charge is 0.493 e. The lowest BCUT2D eigenvalue weighted by molar-refractivity contribution is 0.256. The molecule has 0 aliphatic carbocycles. The van der Waals surface area contributed by atoms with Gasteiger partial charge in [-0.25, -0.2) is 0 Å². The van der Waals surface area contributed by atoms with Crippen LogP contribution >= 0.6 is 0 Å². The lowest BCUT2D eigenvalue weighted by atomic mass is 10.00. The molecule has 0 saturated carbocycles. The molecule has 5 heteroatoms. The molecular weight excluding hydrogens is 426 g/mol. The lowest BCUT2D eigenvalue weighted by Crippen LogP contribution is -2.07. The second-order valence-corrected chi connectivity index (χ2v) is 8.27. The van der Waals surface area contributed by atoms with Crippen LogP contribution in [0.25, 0.3) is 34.2 Å². The number of hydrogen-bond acceptors (Lipinski definition) is 5. The Labute approximate surface area is 198 Å². The molecule has 0 unspecified atom stereocenters. The van der Waals surface area contributed by atoms with Crippen molar-refractivity contribution in [3.05, 3.63) is 93.8 Å². The first-order chi connectivity index (χ1) is 16.5. The van der Waals surface area contributed by atoms with Crippen LogP contribution in [-0.2, 0) is 0 Å². The van der Waals surface area contributed by atoms with E-state index in [2.05, 4.69) is 19.9 Å². The minimum atomic E-state index is -0.131. The summed E-state index contributed by atoms with van der Waals surface area (Å²) < 4.78 is 17.7. The number of benzene rings is 3. The van der Waals surface area contributed by atoms with Gasteiger partial charge >= 0.3 is 0 Å². The van der Waals surface area contributed by atoms with Crippen LogP contribution in [0.15, 0.2) is 75.9 Å². The Kier molecular flexibility index (Phi) is 6.79. The van der Waals surface area contributed by atoms with E-state index in [-0.39, 0.29) is 5.43 Å². The normalized spacial score (nSPS) is 11.1. The molecule has 0 spiro atoms. The minimum Gasteiger partial charge on any atom is -0.493 e. The quantitative estimate of drug-likeness (QED) is 0.319. The molecule has 0 fully saturated rings. The van der Waals surface area contributed by atoms with Crippen molar-refractivity contribution in [1.82, 2.24) is 0 Å². The van der Waals surface area contributed by atoms with Gasteiger partial charge in [0.1, 0.15) is 11.3 Å². The first kappa shape index (κ1) is 22.9. The Balaban J connectivity index is 1.87. The van der Waals surface area contributed by atoms with Gasteiger partial charge in [-0.1, -0.05) is 50.2 Å². The van der Waals surface area contributed by atoms with Crippen LogP contribution in [0.3, 0.4) is 0 Å². The standard InChI is InChI=1S/C29H25NO4/c1-19(2)18-33-29-22(7-6-10-26(29)32-3)15-16-25-27(21-13-11-20(17-30)12-14-21)28(31)23-8-4-5-9-24(23)34-25/h4-16,19H,18H2,1-3H3/b16-15+. The van der Waals surface area contributed by atoms with Gasteiger partial charge < -0.3 is 13.9 Å². The molecule has 4 rings (SSSR count). The summed E-state index contributed by atoms with van der Waals surface area (Å²) in [6.07, 6.45) is 3.64. The van der Waals surface area contributed by atoms with E-state index in [0.29, 0.717) is 57.4 Å². The Morgan fingerprint density at radius 3 is 2.47 bits per heavy atom. The zero-order valence-electron chi connectivity index (χ0n) is 19.4. The van der Waals surface area contributed by atoms with Crippen LogP contribution in [-0.4, -0.2) is 13.7 Å². The van der Waals surface area contributed by atoms with Gasteiger partial charge in [-0.2, -0.15) is 5.26 Å². The van der Waals surface area contributed by atoms with Gasteiger partial charge in [-0.15, -0.1) is 0 Å². The molecule has 4 aromatic rings. The molecule has 0 atom stereocenters. The van der Waals surface area contributed by atoms with E-state index in [0.717, 1.165) is 5.56 Å². The number of fused-ring (bicyclic) bond motifs is 1. The zero-order valence-corrected chi connectivity index (χ0v) is 19.4. The molecule has 3 aromatic carbocycles. The summed E-state index contributed by atoms with van der Waals surface area (Å²) in [6.45, 7) is 4.71. The number of hydrogen-bond donors (Lipinski definition) is 0. The van der Waals surface area contributed by atoms with Gasteiger partial charge in [0, 0.05) is 5.56 Å². The van der Waals surface area contributed by atoms with E-state index in [1.54, 1.807) is 49.6 Å². The fourth-order valence-electron chi connectivity index (χ4n) is 3.66. The SMILES string of the molecule is COc1cccc(/C=C/c2oc3ccccc3c(=O)c2-c2ccc(C#N)cc2)c1OCC(C)C. The highest BCUT2D eigenvalue weighted by atomic mass is 16.5. The fraction of sp³-hybridized carbons (Fsp3) is 0.172. The molecule has 34 heavy (non-hydrogen) atoms. The van der Waals surface area contributed by atoms with Crippen LogP contribution in [0.1, 0.15) is 30.7 Å². The van der Waals surface area contributed by atoms with Crippen LogP contribution in [0, 0.1) is 17.2 Å². The monoisotopic (exact) mass is 451 g/mol. The van der Waals surface area contributed by atoms with Crippen molar-refractivity contribution in [1.29, 1.82) is 5.26 Å². The first-order valence-corrected chi connectivity index (χ1v) is 11.1. The average Bonchev–Trinajstić information content (AvgIpc) is 2.86. The lowest BCUT2D eigenvalue weighted by Gasteiger charge is -2.15. The Morgan fingerprint density at radius 2 is 1.76 bits per heavy atom. The zero-order chi connectivity index (χ0) is 24.1. The predicted molar refractivity (Wildman–Crippen MR) is 135 cm³/mol. The van der Waals surface area contributed by atoms with E-state index in [4.69, 9.17) is 19.2 Å². The molecule has 0 N–H and O–H groups in total. The number of nitrogens with zero attached hydrogens (tertiary/aromatic N) is 1. The maximum atomic E-state index is 13.5. The third-order valence-electron chi connectivity index (χ3n) is 5.33. The Hall–Kier alpha value is -4.30. The van der Waals surface area contributed by atoms with Crippen molar-refractivity contribution in [2.45, 2.75) is 13.8 Å². The molecule has 5 nitrogen and oxygen atoms in total. The summed E-state index contributed by atoms with van der Waals surface area (Å²) in [5, 5.41) is 9.64. The molecule has 0 aliphatic rings. The van der Waals surface area contributed by atoms with E-state index in [1.165, 1.54) is 0 Å². The summed E-state index contributed by atoms with van der Waals surface area (Å²) in [5.41, 5.74) is 2.82. The number of ether oxygens (including phenoxy) is 2. The van der Waals surface area contributed by atoms with Crippen LogP contribution in [0.4, 0.5) is 0 Å². The third kappa shape index (κ3) is 4.72. The van der Waals surface area contributed by atoms with Crippen LogP contribution in [0.5, 0.6) is 11.5 Å². The highest BCUT2D eigenvalue weighted by Gasteiger charge is 2.16. The second-order valence-electron chi connectivity index (χ2n) is 8.27. The van der Waals surface area contributed by atoms with E-state index < -0.39 is 0 Å². The van der Waals surface area contributed by atoms with Crippen molar-refractivity contribution in [3.8, 4) is 28.7 Å². The second kappa shape index (κ2) is 10.1. The highest BCUT2D eigenvalue weighted by Crippen LogP contribution is 2.34. The summed E-state index contributed by atoms with van der Waals surface area (Å²) in [6, 6.07) is 21.9. The molecular formula is C29H25NO4. The summed E-state index contributed by atoms with van der Waals surface area (Å²) in [7, 11) is 1.61. The van der Waals surface area contributed by atoms with Gasteiger partial charge in [-0.05, 0) is 54.0 Å². The van der Waals surface area contributed by atoms with E-state index >= 15 is 0 Å². The fourth-order valence-corrected chi connectivity index (χ4v) is 3.66. The van der Waals surface area contributed by atoms with E-state index in [9.17, 15) is 4.79 Å². The van der Waals surface area contributed by atoms with Crippen molar-refractivity contribution in [2.24, 2.45) is 5.92 Å². The number of methoxy groups -OCH3 is 1. The van der Waals surface area contributed by atoms with Crippen molar-refractivity contribution >= 4 is 23.1 Å². The Morgan fingerprint density at radius 1 is 1.00 bits per heavy atom. The van der Waals surface area contributed by atoms with Gasteiger partial charge in [-0.3, -0.25) is 4.79 Å². The first-order valence-electron chi connectivity index (χ1n) is 11.1. The number of rotatable bonds is 7. The van der Waals surface area contributed by atoms with Crippen LogP contribution < -0.4 is 14.9 Å². The third-order valence-corrected chi connectivity index (χ3v) is 5.33. The van der Waals surface area contributed by atoms with Crippen LogP contribution in [0.2, 0.25) is 0 Å². The number of para-hydroxylation sites is 2. The smallest absolute Gasteiger partial charge is 0.201 e. The maximum Gasteiger partial charge on any atom is 0.201 e. The van der Waals surface area contributed by atoms with Gasteiger partial charge in [0.15, 0.2) is 11.5 Å². The van der Waals surface area contributed by atoms with Gasteiger partial charge in [0.25, 0.3) is 0 Å². The average molecular weight is 452 g/mol. The molecule has 0 radical (unpaired) electrons. The highest BCUT2D eigenvalue weighted by molar-refractivity contribution is 5.87. The van der Waals surface area contributed by atoms with Gasteiger partial charge in [0.2, 0.25) is 5.43 Å². The predicted octanol–water partition coefficient (Wildman–Crippen LogP) is 6.55. The van der Waals surface area contributed by atoms with E-state index in [1.807, 2.05) is 36.4 Å². The molecule has 1 aromatic heterocycles. The molecule has 0 aliphatic heterocycles. The topological polar surface area (TPSA) is 72.5 Å². The van der Waals surface area contributed by atoms with Gasteiger partial charge in [0.05, 0.1) is 36.3 Å². The Bertz CT molecular complexity index is 1440. The molecule has 0 amide bonds. The maximum absolute atomic E-state index is 13.5. The molecule has 0 bridgehead atoms.